The van der Waals surface area contributed by atoms with Gasteiger partial charge >= 0.3 is 0 Å². The second-order valence-corrected chi connectivity index (χ2v) is 5.73. The number of aromatic amines is 1. The Labute approximate surface area is 109 Å². The molecule has 2 rings (SSSR count). The highest BCUT2D eigenvalue weighted by Crippen LogP contribution is 2.34. The summed E-state index contributed by atoms with van der Waals surface area (Å²) in [6.07, 6.45) is 6.12. The summed E-state index contributed by atoms with van der Waals surface area (Å²) in [7, 11) is 0. The van der Waals surface area contributed by atoms with E-state index >= 15 is 0 Å². The Morgan fingerprint density at radius 3 is 2.47 bits per heavy atom. The lowest BCUT2D eigenvalue weighted by Crippen LogP contribution is -2.14. The standard InChI is InChI=1S/C14H22N2S/c1-4-12-10(3)15-13(16-14(12)17)11-7-5-9(2)6-8-11/h9,11H,4-8H2,1-3H3,(H,15,16,17). The monoisotopic (exact) mass is 250 g/mol. The second-order valence-electron chi connectivity index (χ2n) is 5.34. The maximum Gasteiger partial charge on any atom is 0.133 e. The van der Waals surface area contributed by atoms with E-state index in [9.17, 15) is 0 Å². The highest BCUT2D eigenvalue weighted by atomic mass is 32.1. The summed E-state index contributed by atoms with van der Waals surface area (Å²) in [5, 5.41) is 0. The van der Waals surface area contributed by atoms with E-state index in [1.54, 1.807) is 0 Å². The average Bonchev–Trinajstić information content (AvgIpc) is 2.29. The molecule has 1 N–H and O–H groups in total. The summed E-state index contributed by atoms with van der Waals surface area (Å²) in [4.78, 5) is 8.09. The molecule has 1 aromatic rings. The first-order valence-electron chi connectivity index (χ1n) is 6.71. The Morgan fingerprint density at radius 1 is 1.29 bits per heavy atom. The van der Waals surface area contributed by atoms with Crippen LogP contribution in [0.15, 0.2) is 0 Å². The van der Waals surface area contributed by atoms with Crippen LogP contribution in [0.4, 0.5) is 0 Å². The Morgan fingerprint density at radius 2 is 1.94 bits per heavy atom. The van der Waals surface area contributed by atoms with Crippen molar-refractivity contribution in [2.45, 2.75) is 58.8 Å². The van der Waals surface area contributed by atoms with Crippen LogP contribution in [0.5, 0.6) is 0 Å². The van der Waals surface area contributed by atoms with Gasteiger partial charge in [0.05, 0.1) is 0 Å². The predicted molar refractivity (Wildman–Crippen MR) is 73.9 cm³/mol. The van der Waals surface area contributed by atoms with Crippen molar-refractivity contribution in [3.63, 3.8) is 0 Å². The molecule has 1 saturated carbocycles. The van der Waals surface area contributed by atoms with Crippen LogP contribution in [0, 0.1) is 17.5 Å². The molecule has 0 spiro atoms. The molecule has 0 radical (unpaired) electrons. The molecule has 0 aromatic carbocycles. The highest BCUT2D eigenvalue weighted by molar-refractivity contribution is 7.71. The Kier molecular flexibility index (Phi) is 3.97. The van der Waals surface area contributed by atoms with Gasteiger partial charge in [-0.1, -0.05) is 38.9 Å². The summed E-state index contributed by atoms with van der Waals surface area (Å²) < 4.78 is 0.803. The number of hydrogen-bond acceptors (Lipinski definition) is 2. The predicted octanol–water partition coefficient (Wildman–Crippen LogP) is 4.30. The van der Waals surface area contributed by atoms with Crippen molar-refractivity contribution in [1.29, 1.82) is 0 Å². The van der Waals surface area contributed by atoms with E-state index in [2.05, 4.69) is 30.7 Å². The van der Waals surface area contributed by atoms with Gasteiger partial charge in [0, 0.05) is 17.2 Å². The van der Waals surface area contributed by atoms with Gasteiger partial charge in [-0.3, -0.25) is 0 Å². The van der Waals surface area contributed by atoms with Crippen molar-refractivity contribution < 1.29 is 0 Å². The molecule has 0 amide bonds. The van der Waals surface area contributed by atoms with Crippen LogP contribution in [0.1, 0.15) is 62.5 Å². The van der Waals surface area contributed by atoms with Gasteiger partial charge in [0.15, 0.2) is 0 Å². The fraction of sp³-hybridized carbons (Fsp3) is 0.714. The van der Waals surface area contributed by atoms with E-state index in [0.717, 1.165) is 22.8 Å². The maximum atomic E-state index is 5.39. The molecule has 1 fully saturated rings. The number of hydrogen-bond donors (Lipinski definition) is 1. The summed E-state index contributed by atoms with van der Waals surface area (Å²) in [6.45, 7) is 6.60. The number of rotatable bonds is 2. The first-order valence-corrected chi connectivity index (χ1v) is 7.12. The molecule has 2 nitrogen and oxygen atoms in total. The molecule has 1 aromatic heterocycles. The average molecular weight is 250 g/mol. The van der Waals surface area contributed by atoms with Crippen LogP contribution in [-0.4, -0.2) is 9.97 Å². The van der Waals surface area contributed by atoms with E-state index in [0.29, 0.717) is 5.92 Å². The first kappa shape index (κ1) is 12.7. The number of aryl methyl sites for hydroxylation is 1. The lowest BCUT2D eigenvalue weighted by molar-refractivity contribution is 0.339. The third kappa shape index (κ3) is 2.76. The van der Waals surface area contributed by atoms with Gasteiger partial charge in [0.1, 0.15) is 10.5 Å². The largest absolute Gasteiger partial charge is 0.347 e. The summed E-state index contributed by atoms with van der Waals surface area (Å²) in [5.41, 5.74) is 2.41. The van der Waals surface area contributed by atoms with E-state index in [1.807, 2.05) is 0 Å². The number of nitrogens with one attached hydrogen (secondary N) is 1. The Balaban J connectivity index is 2.25. The number of nitrogens with zero attached hydrogens (tertiary/aromatic N) is 1. The van der Waals surface area contributed by atoms with Gasteiger partial charge in [0.25, 0.3) is 0 Å². The van der Waals surface area contributed by atoms with Gasteiger partial charge in [-0.15, -0.1) is 0 Å². The second kappa shape index (κ2) is 5.30. The molecular weight excluding hydrogens is 228 g/mol. The third-order valence-corrected chi connectivity index (χ3v) is 4.34. The minimum absolute atomic E-state index is 0.595. The molecule has 17 heavy (non-hydrogen) atoms. The molecule has 94 valence electrons. The van der Waals surface area contributed by atoms with Crippen LogP contribution in [0.25, 0.3) is 0 Å². The van der Waals surface area contributed by atoms with Gasteiger partial charge in [-0.25, -0.2) is 4.98 Å². The number of aromatic nitrogens is 2. The van der Waals surface area contributed by atoms with Crippen LogP contribution in [0.2, 0.25) is 0 Å². The van der Waals surface area contributed by atoms with Crippen molar-refractivity contribution in [3.8, 4) is 0 Å². The van der Waals surface area contributed by atoms with Crippen LogP contribution in [-0.2, 0) is 6.42 Å². The fourth-order valence-electron chi connectivity index (χ4n) is 2.78. The van der Waals surface area contributed by atoms with E-state index in [-0.39, 0.29) is 0 Å². The van der Waals surface area contributed by atoms with Gasteiger partial charge < -0.3 is 4.98 Å². The first-order chi connectivity index (χ1) is 8.11. The minimum Gasteiger partial charge on any atom is -0.347 e. The zero-order chi connectivity index (χ0) is 12.4. The Bertz CT molecular complexity index is 442. The third-order valence-electron chi connectivity index (χ3n) is 4.00. The van der Waals surface area contributed by atoms with Crippen molar-refractivity contribution in [3.05, 3.63) is 21.7 Å². The summed E-state index contributed by atoms with van der Waals surface area (Å²) in [6, 6.07) is 0. The van der Waals surface area contributed by atoms with E-state index < -0.39 is 0 Å². The molecule has 0 bridgehead atoms. The molecule has 1 aliphatic carbocycles. The molecule has 0 atom stereocenters. The highest BCUT2D eigenvalue weighted by Gasteiger charge is 2.21. The fourth-order valence-corrected chi connectivity index (χ4v) is 3.17. The molecule has 0 saturated heterocycles. The normalized spacial score (nSPS) is 24.9. The lowest BCUT2D eigenvalue weighted by Gasteiger charge is -2.25. The SMILES string of the molecule is CCc1c(C)[nH]c(C2CCC(C)CC2)nc1=S. The van der Waals surface area contributed by atoms with E-state index in [4.69, 9.17) is 12.2 Å². The maximum absolute atomic E-state index is 5.39. The van der Waals surface area contributed by atoms with Crippen molar-refractivity contribution in [2.24, 2.45) is 5.92 Å². The zero-order valence-electron chi connectivity index (χ0n) is 11.0. The van der Waals surface area contributed by atoms with E-state index in [1.165, 1.54) is 36.9 Å². The topological polar surface area (TPSA) is 28.7 Å². The summed E-state index contributed by atoms with van der Waals surface area (Å²) >= 11 is 5.39. The molecule has 0 aliphatic heterocycles. The van der Waals surface area contributed by atoms with Crippen LogP contribution < -0.4 is 0 Å². The summed E-state index contributed by atoms with van der Waals surface area (Å²) in [5.74, 6) is 2.60. The van der Waals surface area contributed by atoms with Gasteiger partial charge in [-0.05, 0) is 32.1 Å². The Hall–Kier alpha value is -0.700. The molecule has 3 heteroatoms. The van der Waals surface area contributed by atoms with Crippen molar-refractivity contribution in [1.82, 2.24) is 9.97 Å². The van der Waals surface area contributed by atoms with Crippen LogP contribution >= 0.6 is 12.2 Å². The lowest BCUT2D eigenvalue weighted by atomic mass is 9.82. The molecule has 1 heterocycles. The zero-order valence-corrected chi connectivity index (χ0v) is 11.9. The van der Waals surface area contributed by atoms with Crippen LogP contribution in [0.3, 0.4) is 0 Å². The van der Waals surface area contributed by atoms with Crippen molar-refractivity contribution in [2.75, 3.05) is 0 Å². The van der Waals surface area contributed by atoms with Gasteiger partial charge in [-0.2, -0.15) is 0 Å². The minimum atomic E-state index is 0.595. The number of H-pyrrole nitrogens is 1. The van der Waals surface area contributed by atoms with Gasteiger partial charge in [0.2, 0.25) is 0 Å². The molecular formula is C14H22N2S. The smallest absolute Gasteiger partial charge is 0.133 e. The quantitative estimate of drug-likeness (QED) is 0.793. The van der Waals surface area contributed by atoms with Crippen molar-refractivity contribution >= 4 is 12.2 Å². The molecule has 0 unspecified atom stereocenters. The molecule has 1 aliphatic rings.